The fourth-order valence-electron chi connectivity index (χ4n) is 1.52. The molecule has 0 saturated carbocycles. The van der Waals surface area contributed by atoms with Gasteiger partial charge in [0.1, 0.15) is 0 Å². The van der Waals surface area contributed by atoms with Crippen molar-refractivity contribution < 1.29 is 4.74 Å². The smallest absolute Gasteiger partial charge is 0.0821 e. The highest BCUT2D eigenvalue weighted by atomic mass is 35.5. The van der Waals surface area contributed by atoms with Crippen LogP contribution in [0.5, 0.6) is 0 Å². The zero-order valence-corrected chi connectivity index (χ0v) is 10.6. The number of halogens is 2. The first-order valence-electron chi connectivity index (χ1n) is 5.16. The number of hydrogen-bond acceptors (Lipinski definition) is 1. The van der Waals surface area contributed by atoms with Gasteiger partial charge < -0.3 is 4.74 Å². The molecule has 1 unspecified atom stereocenters. The standard InChI is InChI=1S/C12H16Cl2O/c1-3-4-5-12(15-2)9-6-7-10(13)11(14)8-9/h6-8,12H,3-5H2,1-2H3. The third kappa shape index (κ3) is 3.67. The third-order valence-corrected chi connectivity index (χ3v) is 3.16. The Bertz CT molecular complexity index is 312. The summed E-state index contributed by atoms with van der Waals surface area (Å²) in [5.74, 6) is 0. The van der Waals surface area contributed by atoms with Crippen LogP contribution in [0.2, 0.25) is 10.0 Å². The normalized spacial score (nSPS) is 12.8. The van der Waals surface area contributed by atoms with E-state index in [4.69, 9.17) is 27.9 Å². The number of rotatable bonds is 5. The van der Waals surface area contributed by atoms with Crippen LogP contribution < -0.4 is 0 Å². The molecule has 0 aromatic heterocycles. The lowest BCUT2D eigenvalue weighted by Gasteiger charge is -2.15. The summed E-state index contributed by atoms with van der Waals surface area (Å²) in [5, 5.41) is 1.18. The van der Waals surface area contributed by atoms with Crippen molar-refractivity contribution in [2.45, 2.75) is 32.3 Å². The number of benzene rings is 1. The monoisotopic (exact) mass is 246 g/mol. The summed E-state index contributed by atoms with van der Waals surface area (Å²) in [6.07, 6.45) is 3.46. The topological polar surface area (TPSA) is 9.23 Å². The highest BCUT2D eigenvalue weighted by Gasteiger charge is 2.11. The Kier molecular flexibility index (Phi) is 5.44. The molecule has 15 heavy (non-hydrogen) atoms. The molecule has 3 heteroatoms. The Morgan fingerprint density at radius 1 is 1.27 bits per heavy atom. The predicted octanol–water partition coefficient (Wildman–Crippen LogP) is 4.87. The summed E-state index contributed by atoms with van der Waals surface area (Å²) in [6, 6.07) is 5.67. The fourth-order valence-corrected chi connectivity index (χ4v) is 1.83. The Labute approximate surface area is 101 Å². The van der Waals surface area contributed by atoms with E-state index in [-0.39, 0.29) is 6.10 Å². The second kappa shape index (κ2) is 6.37. The van der Waals surface area contributed by atoms with Crippen molar-refractivity contribution in [2.24, 2.45) is 0 Å². The van der Waals surface area contributed by atoms with Gasteiger partial charge in [0.25, 0.3) is 0 Å². The van der Waals surface area contributed by atoms with E-state index in [0.717, 1.165) is 18.4 Å². The lowest BCUT2D eigenvalue weighted by molar-refractivity contribution is 0.0936. The Morgan fingerprint density at radius 2 is 2.00 bits per heavy atom. The van der Waals surface area contributed by atoms with E-state index in [1.165, 1.54) is 6.42 Å². The lowest BCUT2D eigenvalue weighted by atomic mass is 10.0. The first kappa shape index (κ1) is 12.8. The van der Waals surface area contributed by atoms with Crippen molar-refractivity contribution in [3.63, 3.8) is 0 Å². The number of unbranched alkanes of at least 4 members (excludes halogenated alkanes) is 1. The average Bonchev–Trinajstić information content (AvgIpc) is 2.24. The molecule has 0 heterocycles. The molecule has 1 rings (SSSR count). The minimum atomic E-state index is 0.125. The van der Waals surface area contributed by atoms with Crippen LogP contribution in [0.3, 0.4) is 0 Å². The van der Waals surface area contributed by atoms with Gasteiger partial charge in [-0.25, -0.2) is 0 Å². The molecule has 0 N–H and O–H groups in total. The molecule has 1 aromatic rings. The number of methoxy groups -OCH3 is 1. The van der Waals surface area contributed by atoms with E-state index in [1.54, 1.807) is 7.11 Å². The minimum absolute atomic E-state index is 0.125. The second-order valence-corrected chi connectivity index (χ2v) is 4.35. The van der Waals surface area contributed by atoms with Crippen molar-refractivity contribution >= 4 is 23.2 Å². The highest BCUT2D eigenvalue weighted by Crippen LogP contribution is 2.29. The van der Waals surface area contributed by atoms with Gasteiger partial charge in [0, 0.05) is 7.11 Å². The number of ether oxygens (including phenoxy) is 1. The summed E-state index contributed by atoms with van der Waals surface area (Å²) in [5.41, 5.74) is 1.10. The van der Waals surface area contributed by atoms with E-state index in [9.17, 15) is 0 Å². The van der Waals surface area contributed by atoms with E-state index in [2.05, 4.69) is 6.92 Å². The van der Waals surface area contributed by atoms with Crippen LogP contribution >= 0.6 is 23.2 Å². The maximum atomic E-state index is 5.96. The van der Waals surface area contributed by atoms with Crippen LogP contribution in [0, 0.1) is 0 Å². The Morgan fingerprint density at radius 3 is 2.53 bits per heavy atom. The summed E-state index contributed by atoms with van der Waals surface area (Å²) in [4.78, 5) is 0. The summed E-state index contributed by atoms with van der Waals surface area (Å²) in [6.45, 7) is 2.17. The van der Waals surface area contributed by atoms with Gasteiger partial charge in [-0.3, -0.25) is 0 Å². The summed E-state index contributed by atoms with van der Waals surface area (Å²) < 4.78 is 5.43. The van der Waals surface area contributed by atoms with E-state index in [0.29, 0.717) is 10.0 Å². The summed E-state index contributed by atoms with van der Waals surface area (Å²) in [7, 11) is 1.73. The van der Waals surface area contributed by atoms with Crippen LogP contribution in [0.25, 0.3) is 0 Å². The molecule has 84 valence electrons. The zero-order chi connectivity index (χ0) is 11.3. The molecule has 0 bridgehead atoms. The molecular weight excluding hydrogens is 231 g/mol. The molecule has 0 saturated heterocycles. The van der Waals surface area contributed by atoms with Gasteiger partial charge in [-0.05, 0) is 24.1 Å². The first-order valence-corrected chi connectivity index (χ1v) is 5.92. The van der Waals surface area contributed by atoms with Gasteiger partial charge >= 0.3 is 0 Å². The first-order chi connectivity index (χ1) is 7.19. The molecule has 0 spiro atoms. The van der Waals surface area contributed by atoms with Gasteiger partial charge in [-0.2, -0.15) is 0 Å². The van der Waals surface area contributed by atoms with Crippen molar-refractivity contribution in [2.75, 3.05) is 7.11 Å². The molecule has 0 amide bonds. The second-order valence-electron chi connectivity index (χ2n) is 3.54. The van der Waals surface area contributed by atoms with Crippen molar-refractivity contribution in [1.82, 2.24) is 0 Å². The van der Waals surface area contributed by atoms with E-state index in [1.807, 2.05) is 18.2 Å². The highest BCUT2D eigenvalue weighted by molar-refractivity contribution is 6.42. The molecule has 0 fully saturated rings. The van der Waals surface area contributed by atoms with Crippen LogP contribution in [0.1, 0.15) is 37.9 Å². The van der Waals surface area contributed by atoms with Crippen LogP contribution in [-0.2, 0) is 4.74 Å². The fraction of sp³-hybridized carbons (Fsp3) is 0.500. The molecule has 1 nitrogen and oxygen atoms in total. The Hall–Kier alpha value is -0.240. The van der Waals surface area contributed by atoms with Crippen LogP contribution in [0.4, 0.5) is 0 Å². The van der Waals surface area contributed by atoms with Crippen LogP contribution in [0.15, 0.2) is 18.2 Å². The van der Waals surface area contributed by atoms with E-state index < -0.39 is 0 Å². The van der Waals surface area contributed by atoms with Gasteiger partial charge in [-0.15, -0.1) is 0 Å². The van der Waals surface area contributed by atoms with Gasteiger partial charge in [0.2, 0.25) is 0 Å². The largest absolute Gasteiger partial charge is 0.377 e. The Balaban J connectivity index is 2.78. The zero-order valence-electron chi connectivity index (χ0n) is 9.09. The quantitative estimate of drug-likeness (QED) is 0.721. The van der Waals surface area contributed by atoms with Gasteiger partial charge in [-0.1, -0.05) is 49.0 Å². The predicted molar refractivity (Wildman–Crippen MR) is 65.7 cm³/mol. The molecule has 1 atom stereocenters. The van der Waals surface area contributed by atoms with Gasteiger partial charge in [0.15, 0.2) is 0 Å². The molecule has 0 aliphatic carbocycles. The van der Waals surface area contributed by atoms with Crippen molar-refractivity contribution in [1.29, 1.82) is 0 Å². The average molecular weight is 247 g/mol. The van der Waals surface area contributed by atoms with E-state index >= 15 is 0 Å². The van der Waals surface area contributed by atoms with Gasteiger partial charge in [0.05, 0.1) is 16.1 Å². The molecular formula is C12H16Cl2O. The summed E-state index contributed by atoms with van der Waals surface area (Å²) >= 11 is 11.8. The molecule has 0 aliphatic rings. The number of hydrogen-bond donors (Lipinski definition) is 0. The SMILES string of the molecule is CCCCC(OC)c1ccc(Cl)c(Cl)c1. The van der Waals surface area contributed by atoms with Crippen LogP contribution in [-0.4, -0.2) is 7.11 Å². The molecule has 0 aliphatic heterocycles. The van der Waals surface area contributed by atoms with Crippen molar-refractivity contribution in [3.05, 3.63) is 33.8 Å². The van der Waals surface area contributed by atoms with Crippen molar-refractivity contribution in [3.8, 4) is 0 Å². The third-order valence-electron chi connectivity index (χ3n) is 2.42. The lowest BCUT2D eigenvalue weighted by Crippen LogP contribution is -2.01. The maximum absolute atomic E-state index is 5.96. The minimum Gasteiger partial charge on any atom is -0.377 e. The molecule has 0 radical (unpaired) electrons. The molecule has 1 aromatic carbocycles. The maximum Gasteiger partial charge on any atom is 0.0821 e.